The van der Waals surface area contributed by atoms with Gasteiger partial charge in [-0.3, -0.25) is 9.78 Å². The normalized spacial score (nSPS) is 12.9. The first-order chi connectivity index (χ1) is 13.5. The number of aryl methyl sites for hydroxylation is 1. The van der Waals surface area contributed by atoms with Gasteiger partial charge < -0.3 is 10.2 Å². The first-order valence-corrected chi connectivity index (χ1v) is 9.76. The highest BCUT2D eigenvalue weighted by Crippen LogP contribution is 2.31. The predicted octanol–water partition coefficient (Wildman–Crippen LogP) is 5.46. The van der Waals surface area contributed by atoms with Crippen molar-refractivity contribution < 1.29 is 4.79 Å². The number of nitrogens with zero attached hydrogens (tertiary/aromatic N) is 2. The second kappa shape index (κ2) is 7.47. The Morgan fingerprint density at radius 1 is 1.11 bits per heavy atom. The van der Waals surface area contributed by atoms with Crippen molar-refractivity contribution in [3.8, 4) is 0 Å². The largest absolute Gasteiger partial charge is 0.354 e. The lowest BCUT2D eigenvalue weighted by molar-refractivity contribution is 0.0989. The quantitative estimate of drug-likeness (QED) is 0.662. The summed E-state index contributed by atoms with van der Waals surface area (Å²) < 4.78 is 0. The molecule has 1 aliphatic rings. The molecule has 0 atom stereocenters. The number of anilines is 3. The smallest absolute Gasteiger partial charge is 0.259 e. The zero-order chi connectivity index (χ0) is 19.7. The standard InChI is InChI=1S/C24H25N3O/c1-16(2)21-9-6-7-17(3)23(21)26-20-13-19(14-25-15-20)24(28)27-12-11-18-8-4-5-10-22(18)27/h4-10,13-16,26H,11-12H2,1-3H3. The monoisotopic (exact) mass is 371 g/mol. The molecule has 0 radical (unpaired) electrons. The summed E-state index contributed by atoms with van der Waals surface area (Å²) in [7, 11) is 0. The Bertz CT molecular complexity index is 1030. The van der Waals surface area contributed by atoms with Gasteiger partial charge in [-0.25, -0.2) is 0 Å². The number of benzene rings is 2. The zero-order valence-corrected chi connectivity index (χ0v) is 16.6. The van der Waals surface area contributed by atoms with Gasteiger partial charge in [0.15, 0.2) is 0 Å². The van der Waals surface area contributed by atoms with Crippen molar-refractivity contribution in [1.82, 2.24) is 4.98 Å². The number of aromatic nitrogens is 1. The molecule has 142 valence electrons. The predicted molar refractivity (Wildman–Crippen MR) is 115 cm³/mol. The Morgan fingerprint density at radius 3 is 2.75 bits per heavy atom. The lowest BCUT2D eigenvalue weighted by Crippen LogP contribution is -2.29. The fraction of sp³-hybridized carbons (Fsp3) is 0.250. The topological polar surface area (TPSA) is 45.2 Å². The van der Waals surface area contributed by atoms with E-state index >= 15 is 0 Å². The summed E-state index contributed by atoms with van der Waals surface area (Å²) in [6.07, 6.45) is 4.31. The van der Waals surface area contributed by atoms with Crippen molar-refractivity contribution in [1.29, 1.82) is 0 Å². The Hall–Kier alpha value is -3.14. The number of carbonyl (C=O) groups excluding carboxylic acids is 1. The average Bonchev–Trinajstić information content (AvgIpc) is 3.13. The van der Waals surface area contributed by atoms with E-state index in [0.717, 1.165) is 23.5 Å². The van der Waals surface area contributed by atoms with Crippen molar-refractivity contribution >= 4 is 23.0 Å². The second-order valence-corrected chi connectivity index (χ2v) is 7.62. The van der Waals surface area contributed by atoms with E-state index < -0.39 is 0 Å². The highest BCUT2D eigenvalue weighted by molar-refractivity contribution is 6.07. The maximum absolute atomic E-state index is 13.1. The van der Waals surface area contributed by atoms with Crippen molar-refractivity contribution in [2.75, 3.05) is 16.8 Å². The molecular formula is C24H25N3O. The number of fused-ring (bicyclic) bond motifs is 1. The Morgan fingerprint density at radius 2 is 1.93 bits per heavy atom. The number of hydrogen-bond donors (Lipinski definition) is 1. The van der Waals surface area contributed by atoms with Crippen LogP contribution in [0.4, 0.5) is 17.1 Å². The fourth-order valence-electron chi connectivity index (χ4n) is 3.82. The molecule has 0 saturated heterocycles. The summed E-state index contributed by atoms with van der Waals surface area (Å²) in [5, 5.41) is 3.49. The molecule has 0 fully saturated rings. The number of para-hydroxylation sites is 2. The summed E-state index contributed by atoms with van der Waals surface area (Å²) in [4.78, 5) is 19.3. The van der Waals surface area contributed by atoms with Gasteiger partial charge in [0.25, 0.3) is 5.91 Å². The van der Waals surface area contributed by atoms with Gasteiger partial charge in [-0.05, 0) is 48.1 Å². The van der Waals surface area contributed by atoms with Crippen LogP contribution in [0.15, 0.2) is 60.9 Å². The molecule has 0 aliphatic carbocycles. The van der Waals surface area contributed by atoms with Gasteiger partial charge in [0.2, 0.25) is 0 Å². The lowest BCUT2D eigenvalue weighted by atomic mass is 9.98. The van der Waals surface area contributed by atoms with Crippen LogP contribution in [-0.4, -0.2) is 17.4 Å². The highest BCUT2D eigenvalue weighted by Gasteiger charge is 2.25. The molecule has 1 aliphatic heterocycles. The van der Waals surface area contributed by atoms with E-state index in [2.05, 4.69) is 55.3 Å². The summed E-state index contributed by atoms with van der Waals surface area (Å²) in [5.41, 5.74) is 7.18. The van der Waals surface area contributed by atoms with Crippen LogP contribution in [0.2, 0.25) is 0 Å². The molecule has 1 N–H and O–H groups in total. The van der Waals surface area contributed by atoms with Crippen LogP contribution in [0.3, 0.4) is 0 Å². The number of hydrogen-bond acceptors (Lipinski definition) is 3. The van der Waals surface area contributed by atoms with Crippen LogP contribution < -0.4 is 10.2 Å². The minimum atomic E-state index is -0.00466. The van der Waals surface area contributed by atoms with Gasteiger partial charge in [-0.15, -0.1) is 0 Å². The van der Waals surface area contributed by atoms with Crippen LogP contribution in [0.1, 0.15) is 46.8 Å². The number of rotatable bonds is 4. The third-order valence-electron chi connectivity index (χ3n) is 5.31. The number of nitrogens with one attached hydrogen (secondary N) is 1. The highest BCUT2D eigenvalue weighted by atomic mass is 16.2. The molecule has 2 aromatic carbocycles. The molecule has 0 saturated carbocycles. The van der Waals surface area contributed by atoms with Crippen LogP contribution in [0, 0.1) is 6.92 Å². The van der Waals surface area contributed by atoms with E-state index in [-0.39, 0.29) is 5.91 Å². The average molecular weight is 371 g/mol. The molecule has 2 heterocycles. The molecule has 4 nitrogen and oxygen atoms in total. The van der Waals surface area contributed by atoms with E-state index in [1.807, 2.05) is 29.2 Å². The maximum atomic E-state index is 13.1. The maximum Gasteiger partial charge on any atom is 0.259 e. The third-order valence-corrected chi connectivity index (χ3v) is 5.31. The van der Waals surface area contributed by atoms with E-state index in [9.17, 15) is 4.79 Å². The van der Waals surface area contributed by atoms with Crippen molar-refractivity contribution in [3.05, 3.63) is 83.2 Å². The molecule has 1 aromatic heterocycles. The molecule has 28 heavy (non-hydrogen) atoms. The van der Waals surface area contributed by atoms with Crippen LogP contribution in [0.25, 0.3) is 0 Å². The van der Waals surface area contributed by atoms with Gasteiger partial charge in [0.1, 0.15) is 0 Å². The zero-order valence-electron chi connectivity index (χ0n) is 16.6. The van der Waals surface area contributed by atoms with E-state index in [4.69, 9.17) is 0 Å². The Kier molecular flexibility index (Phi) is 4.86. The fourth-order valence-corrected chi connectivity index (χ4v) is 3.82. The van der Waals surface area contributed by atoms with Gasteiger partial charge in [-0.1, -0.05) is 50.2 Å². The summed E-state index contributed by atoms with van der Waals surface area (Å²) >= 11 is 0. The van der Waals surface area contributed by atoms with Crippen molar-refractivity contribution in [2.24, 2.45) is 0 Å². The molecule has 4 heteroatoms. The molecule has 0 unspecified atom stereocenters. The van der Waals surface area contributed by atoms with Crippen LogP contribution in [-0.2, 0) is 6.42 Å². The molecule has 0 bridgehead atoms. The Balaban J connectivity index is 1.62. The van der Waals surface area contributed by atoms with Crippen LogP contribution in [0.5, 0.6) is 0 Å². The summed E-state index contributed by atoms with van der Waals surface area (Å²) in [6, 6.07) is 16.3. The number of carbonyl (C=O) groups is 1. The van der Waals surface area contributed by atoms with E-state index in [1.54, 1.807) is 12.4 Å². The van der Waals surface area contributed by atoms with Crippen LogP contribution >= 0.6 is 0 Å². The third kappa shape index (κ3) is 3.38. The minimum absolute atomic E-state index is 0.00466. The van der Waals surface area contributed by atoms with Gasteiger partial charge in [0.05, 0.1) is 17.4 Å². The summed E-state index contributed by atoms with van der Waals surface area (Å²) in [5.74, 6) is 0.399. The van der Waals surface area contributed by atoms with Crippen molar-refractivity contribution in [2.45, 2.75) is 33.1 Å². The van der Waals surface area contributed by atoms with Gasteiger partial charge in [-0.2, -0.15) is 0 Å². The lowest BCUT2D eigenvalue weighted by Gasteiger charge is -2.19. The second-order valence-electron chi connectivity index (χ2n) is 7.62. The van der Waals surface area contributed by atoms with E-state index in [1.165, 1.54) is 16.7 Å². The molecule has 1 amide bonds. The van der Waals surface area contributed by atoms with Gasteiger partial charge >= 0.3 is 0 Å². The Labute approximate surface area is 166 Å². The first-order valence-electron chi connectivity index (χ1n) is 9.76. The van der Waals surface area contributed by atoms with Crippen molar-refractivity contribution in [3.63, 3.8) is 0 Å². The minimum Gasteiger partial charge on any atom is -0.354 e. The molecule has 3 aromatic rings. The SMILES string of the molecule is Cc1cccc(C(C)C)c1Nc1cncc(C(=O)N2CCc3ccccc32)c1. The number of amides is 1. The molecular weight excluding hydrogens is 346 g/mol. The first kappa shape index (κ1) is 18.2. The van der Waals surface area contributed by atoms with Gasteiger partial charge in [0, 0.05) is 24.1 Å². The molecule has 4 rings (SSSR count). The number of pyridine rings is 1. The van der Waals surface area contributed by atoms with E-state index in [0.29, 0.717) is 18.0 Å². The molecule has 0 spiro atoms. The summed E-state index contributed by atoms with van der Waals surface area (Å²) in [6.45, 7) is 7.18.